The summed E-state index contributed by atoms with van der Waals surface area (Å²) < 4.78 is 34.5. The van der Waals surface area contributed by atoms with Gasteiger partial charge in [0.05, 0.1) is 23.0 Å². The first-order valence-electron chi connectivity index (χ1n) is 11.2. The van der Waals surface area contributed by atoms with Gasteiger partial charge in [-0.05, 0) is 19.4 Å². The highest BCUT2D eigenvalue weighted by atomic mass is 32.2. The van der Waals surface area contributed by atoms with E-state index >= 15 is 0 Å². The molecule has 0 atom stereocenters. The molecule has 0 bridgehead atoms. The van der Waals surface area contributed by atoms with Crippen LogP contribution in [0.5, 0.6) is 5.75 Å². The maximum Gasteiger partial charge on any atom is 0.332 e. The number of benzene rings is 1. The summed E-state index contributed by atoms with van der Waals surface area (Å²) in [6, 6.07) is 5.27. The molecule has 1 aromatic heterocycles. The lowest BCUT2D eigenvalue weighted by Gasteiger charge is -2.36. The van der Waals surface area contributed by atoms with Gasteiger partial charge >= 0.3 is 5.69 Å². The SMILES string of the molecule is CCS(=O)(=O)Nc1cc([N+](=O)[O-])ccc1OCCCN1CCN(c2cc(=O)n(C)c(=O)n2C)CC1. The van der Waals surface area contributed by atoms with Gasteiger partial charge in [-0.2, -0.15) is 0 Å². The van der Waals surface area contributed by atoms with Crippen molar-refractivity contribution in [2.24, 2.45) is 14.1 Å². The van der Waals surface area contributed by atoms with Gasteiger partial charge in [-0.1, -0.05) is 0 Å². The molecule has 1 fully saturated rings. The van der Waals surface area contributed by atoms with Crippen LogP contribution in [0.2, 0.25) is 0 Å². The fourth-order valence-electron chi connectivity index (χ4n) is 3.77. The number of sulfonamides is 1. The zero-order valence-corrected chi connectivity index (χ0v) is 20.8. The number of hydrogen-bond acceptors (Lipinski definition) is 9. The molecule has 0 spiro atoms. The van der Waals surface area contributed by atoms with E-state index < -0.39 is 14.9 Å². The first-order chi connectivity index (χ1) is 16.5. The van der Waals surface area contributed by atoms with Crippen molar-refractivity contribution in [3.05, 3.63) is 55.2 Å². The second kappa shape index (κ2) is 10.9. The summed E-state index contributed by atoms with van der Waals surface area (Å²) in [7, 11) is -0.534. The molecule has 13 nitrogen and oxygen atoms in total. The lowest BCUT2D eigenvalue weighted by Crippen LogP contribution is -2.49. The van der Waals surface area contributed by atoms with Crippen LogP contribution in [0.4, 0.5) is 17.2 Å². The Kier molecular flexibility index (Phi) is 8.17. The van der Waals surface area contributed by atoms with E-state index in [1.807, 2.05) is 4.90 Å². The smallest absolute Gasteiger partial charge is 0.332 e. The van der Waals surface area contributed by atoms with Gasteiger partial charge in [0.25, 0.3) is 11.2 Å². The fourth-order valence-corrected chi connectivity index (χ4v) is 4.41. The molecule has 2 aromatic rings. The molecule has 0 amide bonds. The predicted octanol–water partition coefficient (Wildman–Crippen LogP) is 0.345. The molecule has 0 unspecified atom stereocenters. The van der Waals surface area contributed by atoms with Gasteiger partial charge < -0.3 is 9.64 Å². The minimum Gasteiger partial charge on any atom is -0.491 e. The molecular weight excluding hydrogens is 480 g/mol. The topological polar surface area (TPSA) is 149 Å². The van der Waals surface area contributed by atoms with Crippen molar-refractivity contribution >= 4 is 27.2 Å². The van der Waals surface area contributed by atoms with Crippen LogP contribution in [-0.4, -0.2) is 72.5 Å². The Labute approximate surface area is 202 Å². The van der Waals surface area contributed by atoms with E-state index in [2.05, 4.69) is 9.62 Å². The largest absolute Gasteiger partial charge is 0.491 e. The van der Waals surface area contributed by atoms with Gasteiger partial charge in [-0.3, -0.25) is 33.7 Å². The zero-order chi connectivity index (χ0) is 25.8. The van der Waals surface area contributed by atoms with E-state index in [1.165, 1.54) is 36.7 Å². The number of nitro benzene ring substituents is 1. The molecule has 14 heteroatoms. The van der Waals surface area contributed by atoms with Crippen molar-refractivity contribution in [2.75, 3.05) is 54.7 Å². The second-order valence-electron chi connectivity index (χ2n) is 8.22. The summed E-state index contributed by atoms with van der Waals surface area (Å²) in [5, 5.41) is 11.1. The Morgan fingerprint density at radius 1 is 1.09 bits per heavy atom. The Morgan fingerprint density at radius 2 is 1.77 bits per heavy atom. The minimum absolute atomic E-state index is 0.0364. The van der Waals surface area contributed by atoms with Crippen LogP contribution in [0.3, 0.4) is 0 Å². The average molecular weight is 511 g/mol. The van der Waals surface area contributed by atoms with Crippen molar-refractivity contribution in [1.82, 2.24) is 14.0 Å². The standard InChI is InChI=1S/C21H30N6O7S/c1-4-35(32,33)22-17-14-16(27(30)31)6-7-18(17)34-13-5-8-25-9-11-26(12-10-25)19-15-20(28)24(3)21(29)23(19)2/h6-7,14-15,22H,4-5,8-13H2,1-3H3. The first-order valence-corrected chi connectivity index (χ1v) is 12.8. The number of ether oxygens (including phenoxy) is 1. The number of hydrogen-bond donors (Lipinski definition) is 1. The summed E-state index contributed by atoms with van der Waals surface area (Å²) in [5.41, 5.74) is -0.902. The molecule has 192 valence electrons. The van der Waals surface area contributed by atoms with Gasteiger partial charge in [0, 0.05) is 65.0 Å². The second-order valence-corrected chi connectivity index (χ2v) is 10.2. The van der Waals surface area contributed by atoms with Crippen molar-refractivity contribution in [3.8, 4) is 5.75 Å². The van der Waals surface area contributed by atoms with E-state index in [-0.39, 0.29) is 34.1 Å². The van der Waals surface area contributed by atoms with E-state index in [4.69, 9.17) is 4.74 Å². The molecule has 1 aliphatic heterocycles. The van der Waals surface area contributed by atoms with Crippen LogP contribution in [-0.2, 0) is 24.1 Å². The van der Waals surface area contributed by atoms with Crippen molar-refractivity contribution in [3.63, 3.8) is 0 Å². The third-order valence-electron chi connectivity index (χ3n) is 5.89. The molecule has 1 aliphatic rings. The van der Waals surface area contributed by atoms with Crippen LogP contribution in [0.15, 0.2) is 33.9 Å². The lowest BCUT2D eigenvalue weighted by molar-refractivity contribution is -0.384. The summed E-state index contributed by atoms with van der Waals surface area (Å²) >= 11 is 0. The van der Waals surface area contributed by atoms with E-state index in [0.29, 0.717) is 31.9 Å². The molecule has 2 heterocycles. The number of nitro groups is 1. The molecule has 0 aliphatic carbocycles. The maximum absolute atomic E-state index is 12.2. The highest BCUT2D eigenvalue weighted by Gasteiger charge is 2.20. The monoisotopic (exact) mass is 510 g/mol. The molecule has 35 heavy (non-hydrogen) atoms. The quantitative estimate of drug-likeness (QED) is 0.271. The van der Waals surface area contributed by atoms with Gasteiger partial charge in [-0.15, -0.1) is 0 Å². The van der Waals surface area contributed by atoms with Crippen LogP contribution in [0.25, 0.3) is 0 Å². The van der Waals surface area contributed by atoms with Crippen LogP contribution in [0, 0.1) is 10.1 Å². The summed E-state index contributed by atoms with van der Waals surface area (Å²) in [4.78, 5) is 38.9. The molecule has 1 saturated heterocycles. The number of nitrogens with zero attached hydrogens (tertiary/aromatic N) is 5. The van der Waals surface area contributed by atoms with Crippen LogP contribution in [0.1, 0.15) is 13.3 Å². The van der Waals surface area contributed by atoms with Gasteiger partial charge in [0.2, 0.25) is 10.0 Å². The lowest BCUT2D eigenvalue weighted by atomic mass is 10.2. The normalized spacial score (nSPS) is 14.7. The Hall–Kier alpha value is -3.39. The van der Waals surface area contributed by atoms with Crippen molar-refractivity contribution in [1.29, 1.82) is 0 Å². The summed E-state index contributed by atoms with van der Waals surface area (Å²) in [6.07, 6.45) is 0.654. The molecular formula is C21H30N6O7S. The summed E-state index contributed by atoms with van der Waals surface area (Å²) in [6.45, 7) is 5.29. The third kappa shape index (κ3) is 6.39. The number of rotatable bonds is 10. The van der Waals surface area contributed by atoms with Gasteiger partial charge in [0.1, 0.15) is 11.6 Å². The van der Waals surface area contributed by atoms with Crippen LogP contribution >= 0.6 is 0 Å². The number of piperazine rings is 1. The Balaban J connectivity index is 1.54. The predicted molar refractivity (Wildman–Crippen MR) is 132 cm³/mol. The molecule has 1 N–H and O–H groups in total. The summed E-state index contributed by atoms with van der Waals surface area (Å²) in [5.74, 6) is 0.651. The van der Waals surface area contributed by atoms with E-state index in [9.17, 15) is 28.1 Å². The number of nitrogens with one attached hydrogen (secondary N) is 1. The van der Waals surface area contributed by atoms with Crippen molar-refractivity contribution in [2.45, 2.75) is 13.3 Å². The minimum atomic E-state index is -3.63. The Bertz CT molecular complexity index is 1300. The third-order valence-corrected chi connectivity index (χ3v) is 7.18. The Morgan fingerprint density at radius 3 is 2.40 bits per heavy atom. The zero-order valence-electron chi connectivity index (χ0n) is 20.0. The molecule has 1 aromatic carbocycles. The molecule has 3 rings (SSSR count). The molecule has 0 saturated carbocycles. The highest BCUT2D eigenvalue weighted by molar-refractivity contribution is 7.92. The maximum atomic E-state index is 12.2. The average Bonchev–Trinajstić information content (AvgIpc) is 2.83. The fraction of sp³-hybridized carbons (Fsp3) is 0.524. The molecule has 0 radical (unpaired) electrons. The number of aromatic nitrogens is 2. The van der Waals surface area contributed by atoms with Gasteiger partial charge in [-0.25, -0.2) is 13.2 Å². The van der Waals surface area contributed by atoms with E-state index in [0.717, 1.165) is 30.3 Å². The number of anilines is 2. The first kappa shape index (κ1) is 26.2. The highest BCUT2D eigenvalue weighted by Crippen LogP contribution is 2.30. The number of non-ortho nitro benzene ring substituents is 1. The van der Waals surface area contributed by atoms with Gasteiger partial charge in [0.15, 0.2) is 0 Å². The van der Waals surface area contributed by atoms with E-state index in [1.54, 1.807) is 7.05 Å². The van der Waals surface area contributed by atoms with Crippen molar-refractivity contribution < 1.29 is 18.1 Å². The van der Waals surface area contributed by atoms with Crippen LogP contribution < -0.4 is 25.6 Å².